The molecule has 1 heteroatoms. The molecule has 0 saturated carbocycles. The fourth-order valence-electron chi connectivity index (χ4n) is 2.24. The lowest BCUT2D eigenvalue weighted by Crippen LogP contribution is -2.19. The largest absolute Gasteiger partial charge is 0.129 e. The molecule has 1 aromatic carbocycles. The van der Waals surface area contributed by atoms with Crippen LogP contribution in [-0.2, 0) is 5.41 Å². The third kappa shape index (κ3) is 2.94. The highest BCUT2D eigenvalue weighted by Crippen LogP contribution is 2.35. The Labute approximate surface area is 112 Å². The van der Waals surface area contributed by atoms with Gasteiger partial charge in [0.25, 0.3) is 0 Å². The molecule has 0 unspecified atom stereocenters. The van der Waals surface area contributed by atoms with Crippen LogP contribution in [0.3, 0.4) is 0 Å². The van der Waals surface area contributed by atoms with Crippen LogP contribution >= 0.6 is 0 Å². The number of benzene rings is 1. The highest BCUT2D eigenvalue weighted by Gasteiger charge is 2.24. The van der Waals surface area contributed by atoms with Crippen molar-refractivity contribution >= 4 is 14.1 Å². The van der Waals surface area contributed by atoms with Crippen LogP contribution < -0.4 is 0 Å². The summed E-state index contributed by atoms with van der Waals surface area (Å²) in [5.41, 5.74) is 7.63. The van der Waals surface area contributed by atoms with Crippen LogP contribution in [0.4, 0.5) is 0 Å². The number of allylic oxidation sites excluding steroid dienone is 1. The molecule has 1 aliphatic rings. The Balaban J connectivity index is 2.40. The van der Waals surface area contributed by atoms with E-state index < -0.39 is 8.07 Å². The molecule has 0 amide bonds. The first-order chi connectivity index (χ1) is 8.28. The molecule has 1 aromatic rings. The van der Waals surface area contributed by atoms with Crippen LogP contribution in [0.2, 0.25) is 19.6 Å². The summed E-state index contributed by atoms with van der Waals surface area (Å²) >= 11 is 0. The first-order valence-corrected chi connectivity index (χ1v) is 10.1. The van der Waals surface area contributed by atoms with Gasteiger partial charge in [-0.25, -0.2) is 0 Å². The summed E-state index contributed by atoms with van der Waals surface area (Å²) in [6.45, 7) is 11.5. The minimum absolute atomic E-state index is 0.259. The lowest BCUT2D eigenvalue weighted by atomic mass is 9.75. The Kier molecular flexibility index (Phi) is 3.25. The van der Waals surface area contributed by atoms with E-state index in [2.05, 4.69) is 75.3 Å². The van der Waals surface area contributed by atoms with Gasteiger partial charge in [-0.2, -0.15) is 0 Å². The molecule has 0 N–H and O–H groups in total. The lowest BCUT2D eigenvalue weighted by molar-refractivity contribution is 0.529. The van der Waals surface area contributed by atoms with Crippen LogP contribution in [0, 0.1) is 11.5 Å². The van der Waals surface area contributed by atoms with Gasteiger partial charge in [0.2, 0.25) is 0 Å². The van der Waals surface area contributed by atoms with Gasteiger partial charge in [-0.1, -0.05) is 57.6 Å². The van der Waals surface area contributed by atoms with Crippen molar-refractivity contribution in [1.29, 1.82) is 0 Å². The van der Waals surface area contributed by atoms with Crippen molar-refractivity contribution in [2.24, 2.45) is 0 Å². The zero-order valence-corrected chi connectivity index (χ0v) is 13.1. The average Bonchev–Trinajstić information content (AvgIpc) is 2.25. The van der Waals surface area contributed by atoms with Crippen molar-refractivity contribution in [1.82, 2.24) is 0 Å². The summed E-state index contributed by atoms with van der Waals surface area (Å²) in [5, 5.41) is 0. The maximum atomic E-state index is 3.43. The Morgan fingerprint density at radius 1 is 1.17 bits per heavy atom. The molecule has 0 atom stereocenters. The normalized spacial score (nSPS) is 16.7. The second-order valence-corrected chi connectivity index (χ2v) is 11.5. The summed E-state index contributed by atoms with van der Waals surface area (Å²) in [6, 6.07) is 6.67. The predicted molar refractivity (Wildman–Crippen MR) is 83.3 cm³/mol. The molecule has 0 aromatic heterocycles. The molecule has 2 rings (SSSR count). The van der Waals surface area contributed by atoms with Crippen LogP contribution in [-0.4, -0.2) is 8.07 Å². The molecule has 0 fully saturated rings. The van der Waals surface area contributed by atoms with Crippen LogP contribution in [0.1, 0.15) is 37.0 Å². The molecule has 0 spiro atoms. The van der Waals surface area contributed by atoms with E-state index in [0.29, 0.717) is 0 Å². The van der Waals surface area contributed by atoms with E-state index in [0.717, 1.165) is 12.0 Å². The standard InChI is InChI=1S/C17H22Si/c1-17(2)11-6-7-15-13-14(8-9-16(15)17)10-12-18(3,4)5/h6-9,13H,11H2,1-5H3. The lowest BCUT2D eigenvalue weighted by Gasteiger charge is -2.29. The number of rotatable bonds is 0. The molecule has 0 nitrogen and oxygen atoms in total. The van der Waals surface area contributed by atoms with Gasteiger partial charge in [-0.05, 0) is 35.1 Å². The predicted octanol–water partition coefficient (Wildman–Crippen LogP) is 4.61. The zero-order chi connectivity index (χ0) is 13.4. The molecule has 0 aliphatic heterocycles. The van der Waals surface area contributed by atoms with Crippen molar-refractivity contribution in [2.45, 2.75) is 45.3 Å². The van der Waals surface area contributed by atoms with E-state index in [1.807, 2.05) is 0 Å². The summed E-state index contributed by atoms with van der Waals surface area (Å²) in [6.07, 6.45) is 5.64. The second-order valence-electron chi connectivity index (χ2n) is 6.79. The molecular formula is C17H22Si. The zero-order valence-electron chi connectivity index (χ0n) is 12.1. The van der Waals surface area contributed by atoms with Gasteiger partial charge in [0.15, 0.2) is 0 Å². The Morgan fingerprint density at radius 3 is 2.56 bits per heavy atom. The summed E-state index contributed by atoms with van der Waals surface area (Å²) in [4.78, 5) is 0. The minimum Gasteiger partial charge on any atom is -0.127 e. The van der Waals surface area contributed by atoms with E-state index >= 15 is 0 Å². The van der Waals surface area contributed by atoms with E-state index in [4.69, 9.17) is 0 Å². The molecule has 94 valence electrons. The topological polar surface area (TPSA) is 0 Å². The molecule has 18 heavy (non-hydrogen) atoms. The van der Waals surface area contributed by atoms with Gasteiger partial charge in [0.05, 0.1) is 0 Å². The molecular weight excluding hydrogens is 232 g/mol. The van der Waals surface area contributed by atoms with Crippen LogP contribution in [0.25, 0.3) is 6.08 Å². The highest BCUT2D eigenvalue weighted by atomic mass is 28.3. The smallest absolute Gasteiger partial charge is 0.127 e. The Hall–Kier alpha value is -1.26. The van der Waals surface area contributed by atoms with Crippen molar-refractivity contribution < 1.29 is 0 Å². The number of hydrogen-bond acceptors (Lipinski definition) is 0. The summed E-state index contributed by atoms with van der Waals surface area (Å²) in [7, 11) is -1.28. The molecule has 1 aliphatic carbocycles. The Morgan fingerprint density at radius 2 is 1.89 bits per heavy atom. The van der Waals surface area contributed by atoms with Gasteiger partial charge in [0, 0.05) is 5.56 Å². The van der Waals surface area contributed by atoms with Gasteiger partial charge < -0.3 is 0 Å². The van der Waals surface area contributed by atoms with Crippen molar-refractivity contribution in [3.8, 4) is 11.5 Å². The number of fused-ring (bicyclic) bond motifs is 1. The van der Waals surface area contributed by atoms with Crippen LogP contribution in [0.15, 0.2) is 24.3 Å². The molecule has 0 saturated heterocycles. The fourth-order valence-corrected chi connectivity index (χ4v) is 2.76. The van der Waals surface area contributed by atoms with E-state index in [1.54, 1.807) is 0 Å². The molecule has 0 radical (unpaired) electrons. The van der Waals surface area contributed by atoms with Gasteiger partial charge >= 0.3 is 0 Å². The summed E-state index contributed by atoms with van der Waals surface area (Å²) in [5.74, 6) is 3.34. The first-order valence-electron chi connectivity index (χ1n) is 6.62. The number of hydrogen-bond donors (Lipinski definition) is 0. The van der Waals surface area contributed by atoms with Gasteiger partial charge in [-0.3, -0.25) is 0 Å². The Bertz CT molecular complexity index is 545. The van der Waals surface area contributed by atoms with E-state index in [1.165, 1.54) is 11.1 Å². The van der Waals surface area contributed by atoms with Crippen molar-refractivity contribution in [2.75, 3.05) is 0 Å². The third-order valence-corrected chi connectivity index (χ3v) is 4.16. The van der Waals surface area contributed by atoms with Crippen molar-refractivity contribution in [3.05, 3.63) is 41.0 Å². The van der Waals surface area contributed by atoms with E-state index in [9.17, 15) is 0 Å². The van der Waals surface area contributed by atoms with E-state index in [-0.39, 0.29) is 5.41 Å². The average molecular weight is 254 g/mol. The summed E-state index contributed by atoms with van der Waals surface area (Å²) < 4.78 is 0. The maximum Gasteiger partial charge on any atom is 0.129 e. The minimum atomic E-state index is -1.28. The SMILES string of the molecule is CC1(C)CC=Cc2cc(C#C[Si](C)(C)C)ccc21. The van der Waals surface area contributed by atoms with Crippen LogP contribution in [0.5, 0.6) is 0 Å². The quantitative estimate of drug-likeness (QED) is 0.468. The molecule has 0 bridgehead atoms. The van der Waals surface area contributed by atoms with Crippen molar-refractivity contribution in [3.63, 3.8) is 0 Å². The third-order valence-electron chi connectivity index (χ3n) is 3.29. The highest BCUT2D eigenvalue weighted by molar-refractivity contribution is 6.83. The van der Waals surface area contributed by atoms with Gasteiger partial charge in [-0.15, -0.1) is 5.54 Å². The monoisotopic (exact) mass is 254 g/mol. The second kappa shape index (κ2) is 4.44. The fraction of sp³-hybridized carbons (Fsp3) is 0.412. The van der Waals surface area contributed by atoms with Gasteiger partial charge in [0.1, 0.15) is 8.07 Å². The first kappa shape index (κ1) is 13.2. The maximum absolute atomic E-state index is 3.43. The molecule has 0 heterocycles.